The van der Waals surface area contributed by atoms with Gasteiger partial charge in [-0.05, 0) is 107 Å². The Morgan fingerprint density at radius 1 is 1.12 bits per heavy atom. The van der Waals surface area contributed by atoms with Crippen molar-refractivity contribution >= 4 is 33.3 Å². The maximum absolute atomic E-state index is 12.5. The Hall–Kier alpha value is -2.71. The van der Waals surface area contributed by atoms with E-state index in [9.17, 15) is 9.90 Å². The summed E-state index contributed by atoms with van der Waals surface area (Å²) in [4.78, 5) is 27.2. The normalized spacial score (nSPS) is 21.5. The van der Waals surface area contributed by atoms with Gasteiger partial charge in [-0.15, -0.1) is 11.3 Å². The van der Waals surface area contributed by atoms with Crippen LogP contribution in [0.5, 0.6) is 5.75 Å². The third-order valence-electron chi connectivity index (χ3n) is 8.65. The summed E-state index contributed by atoms with van der Waals surface area (Å²) >= 11 is 1.80. The second-order valence-corrected chi connectivity index (χ2v) is 13.9. The predicted molar refractivity (Wildman–Crippen MR) is 165 cm³/mol. The number of rotatable bonds is 10. The molecule has 2 aliphatic carbocycles. The number of aliphatic hydroxyl groups is 1. The molecular formula is C33H45N3O4S. The Labute approximate surface area is 248 Å². The maximum atomic E-state index is 12.5. The number of benzene rings is 1. The summed E-state index contributed by atoms with van der Waals surface area (Å²) in [7, 11) is 1.69. The molecule has 7 nitrogen and oxygen atoms in total. The number of carbonyl (C=O) groups excluding carboxylic acids is 1. The van der Waals surface area contributed by atoms with E-state index < -0.39 is 5.60 Å². The lowest BCUT2D eigenvalue weighted by molar-refractivity contribution is -0.156. The van der Waals surface area contributed by atoms with Crippen LogP contribution in [0.15, 0.2) is 30.6 Å². The average molecular weight is 580 g/mol. The molecule has 0 saturated heterocycles. The number of aromatic nitrogens is 2. The minimum absolute atomic E-state index is 0.0947. The number of hydrogen-bond acceptors (Lipinski definition) is 8. The highest BCUT2D eigenvalue weighted by Crippen LogP contribution is 2.48. The smallest absolute Gasteiger partial charge is 0.306 e. The quantitative estimate of drug-likeness (QED) is 0.255. The molecule has 0 spiro atoms. The molecule has 1 fully saturated rings. The van der Waals surface area contributed by atoms with Gasteiger partial charge < -0.3 is 19.5 Å². The summed E-state index contributed by atoms with van der Waals surface area (Å²) in [5.74, 6) is 2.45. The topological polar surface area (TPSA) is 84.8 Å². The Kier molecular flexibility index (Phi) is 9.19. The van der Waals surface area contributed by atoms with Crippen molar-refractivity contribution in [1.82, 2.24) is 9.97 Å². The van der Waals surface area contributed by atoms with Crippen LogP contribution < -0.4 is 9.64 Å². The second kappa shape index (κ2) is 12.7. The summed E-state index contributed by atoms with van der Waals surface area (Å²) < 4.78 is 11.0. The van der Waals surface area contributed by atoms with Crippen LogP contribution >= 0.6 is 11.3 Å². The first kappa shape index (κ1) is 29.8. The van der Waals surface area contributed by atoms with Crippen molar-refractivity contribution in [3.63, 3.8) is 0 Å². The molecule has 0 aliphatic heterocycles. The van der Waals surface area contributed by atoms with Crippen molar-refractivity contribution in [2.75, 3.05) is 12.0 Å². The number of esters is 1. The van der Waals surface area contributed by atoms with E-state index in [-0.39, 0.29) is 12.1 Å². The van der Waals surface area contributed by atoms with Crippen LogP contribution in [0.4, 0.5) is 5.82 Å². The first-order chi connectivity index (χ1) is 19.6. The number of methoxy groups -OCH3 is 1. The lowest BCUT2D eigenvalue weighted by Crippen LogP contribution is -2.39. The molecule has 3 aromatic rings. The van der Waals surface area contributed by atoms with Crippen molar-refractivity contribution in [2.24, 2.45) is 5.92 Å². The zero-order valence-corrected chi connectivity index (χ0v) is 26.0. The highest BCUT2D eigenvalue weighted by atomic mass is 32.1. The lowest BCUT2D eigenvalue weighted by Gasteiger charge is -2.38. The van der Waals surface area contributed by atoms with E-state index in [2.05, 4.69) is 24.0 Å². The van der Waals surface area contributed by atoms with Crippen molar-refractivity contribution in [3.8, 4) is 5.75 Å². The van der Waals surface area contributed by atoms with E-state index in [0.717, 1.165) is 74.3 Å². The summed E-state index contributed by atoms with van der Waals surface area (Å²) in [6.07, 6.45) is 9.58. The lowest BCUT2D eigenvalue weighted by atomic mass is 9.83. The van der Waals surface area contributed by atoms with E-state index in [4.69, 9.17) is 19.4 Å². The molecule has 41 heavy (non-hydrogen) atoms. The van der Waals surface area contributed by atoms with Crippen LogP contribution in [0.1, 0.15) is 101 Å². The van der Waals surface area contributed by atoms with Gasteiger partial charge in [-0.3, -0.25) is 4.79 Å². The fourth-order valence-electron chi connectivity index (χ4n) is 6.58. The maximum Gasteiger partial charge on any atom is 0.306 e. The molecule has 2 aliphatic rings. The number of thiophene rings is 1. The number of carbonyl (C=O) groups is 1. The van der Waals surface area contributed by atoms with Crippen LogP contribution in [0.2, 0.25) is 0 Å². The Morgan fingerprint density at radius 3 is 2.51 bits per heavy atom. The highest BCUT2D eigenvalue weighted by Gasteiger charge is 2.34. The van der Waals surface area contributed by atoms with Gasteiger partial charge in [0.25, 0.3) is 0 Å². The number of fused-ring (bicyclic) bond motifs is 3. The number of nitrogens with zero attached hydrogens (tertiary/aromatic N) is 3. The van der Waals surface area contributed by atoms with Gasteiger partial charge in [0.1, 0.15) is 28.3 Å². The van der Waals surface area contributed by atoms with Gasteiger partial charge in [-0.1, -0.05) is 19.1 Å². The fraction of sp³-hybridized carbons (Fsp3) is 0.606. The molecule has 8 heteroatoms. The molecule has 0 bridgehead atoms. The minimum atomic E-state index is -0.451. The molecule has 2 aromatic heterocycles. The zero-order valence-electron chi connectivity index (χ0n) is 25.2. The number of ether oxygens (including phenoxy) is 2. The second-order valence-electron chi connectivity index (χ2n) is 12.8. The van der Waals surface area contributed by atoms with Crippen molar-refractivity contribution in [3.05, 3.63) is 46.6 Å². The SMILES string of the molecule is CCC(O)C[C@H]1CCc2sc3ncnc(N(Cc4ccc(OC)cc4)C4CCC(CC(=O)OC(C)(C)C)CC4)c3c21. The summed E-state index contributed by atoms with van der Waals surface area (Å²) in [5.41, 5.74) is 2.12. The van der Waals surface area contributed by atoms with E-state index in [1.54, 1.807) is 24.8 Å². The molecular weight excluding hydrogens is 534 g/mol. The molecule has 1 saturated carbocycles. The van der Waals surface area contributed by atoms with Crippen molar-refractivity contribution < 1.29 is 19.4 Å². The molecule has 0 amide bonds. The van der Waals surface area contributed by atoms with E-state index in [0.29, 0.717) is 24.3 Å². The van der Waals surface area contributed by atoms with Gasteiger partial charge >= 0.3 is 5.97 Å². The summed E-state index contributed by atoms with van der Waals surface area (Å²) in [6.45, 7) is 8.57. The highest BCUT2D eigenvalue weighted by molar-refractivity contribution is 7.19. The molecule has 1 N–H and O–H groups in total. The van der Waals surface area contributed by atoms with Gasteiger partial charge in [-0.25, -0.2) is 9.97 Å². The van der Waals surface area contributed by atoms with E-state index in [1.165, 1.54) is 21.4 Å². The predicted octanol–water partition coefficient (Wildman–Crippen LogP) is 7.19. The average Bonchev–Trinajstić information content (AvgIpc) is 3.51. The molecule has 2 atom stereocenters. The van der Waals surface area contributed by atoms with Gasteiger partial charge in [-0.2, -0.15) is 0 Å². The van der Waals surface area contributed by atoms with E-state index >= 15 is 0 Å². The summed E-state index contributed by atoms with van der Waals surface area (Å²) in [6, 6.07) is 8.62. The number of aliphatic hydroxyl groups excluding tert-OH is 1. The minimum Gasteiger partial charge on any atom is -0.497 e. The summed E-state index contributed by atoms with van der Waals surface area (Å²) in [5, 5.41) is 11.7. The van der Waals surface area contributed by atoms with Crippen molar-refractivity contribution in [2.45, 2.75) is 116 Å². The van der Waals surface area contributed by atoms with E-state index in [1.807, 2.05) is 32.9 Å². The zero-order chi connectivity index (χ0) is 29.1. The molecule has 1 unspecified atom stereocenters. The van der Waals surface area contributed by atoms with Gasteiger partial charge in [0.2, 0.25) is 0 Å². The number of hydrogen-bond donors (Lipinski definition) is 1. The van der Waals surface area contributed by atoms with Crippen LogP contribution in [-0.2, 0) is 22.5 Å². The molecule has 1 aromatic carbocycles. The molecule has 0 radical (unpaired) electrons. The fourth-order valence-corrected chi connectivity index (χ4v) is 7.82. The van der Waals surface area contributed by atoms with Crippen LogP contribution in [0, 0.1) is 5.92 Å². The first-order valence-corrected chi connectivity index (χ1v) is 16.0. The van der Waals surface area contributed by atoms with Crippen molar-refractivity contribution in [1.29, 1.82) is 0 Å². The van der Waals surface area contributed by atoms with Crippen LogP contribution in [0.3, 0.4) is 0 Å². The molecule has 222 valence electrons. The first-order valence-electron chi connectivity index (χ1n) is 15.2. The molecule has 5 rings (SSSR count). The van der Waals surface area contributed by atoms with Gasteiger partial charge in [0.05, 0.1) is 18.6 Å². The van der Waals surface area contributed by atoms with Crippen LogP contribution in [0.25, 0.3) is 10.2 Å². The standard InChI is InChI=1S/C33H45N3O4S/c1-6-25(37)18-23-11-16-27-29(23)30-31(34-20-35-32(30)41-27)36(19-22-9-14-26(39-5)15-10-22)24-12-7-21(8-13-24)17-28(38)40-33(2,3)4/h9-10,14-15,20-21,23-25,37H,6-8,11-13,16-19H2,1-5H3/t21?,23-,24?,25?/m1/s1. The molecule has 2 heterocycles. The number of anilines is 1. The Bertz CT molecular complexity index is 1320. The third kappa shape index (κ3) is 7.03. The monoisotopic (exact) mass is 579 g/mol. The largest absolute Gasteiger partial charge is 0.497 e. The Morgan fingerprint density at radius 2 is 1.85 bits per heavy atom. The Balaban J connectivity index is 1.44. The van der Waals surface area contributed by atoms with Gasteiger partial charge in [0.15, 0.2) is 0 Å². The van der Waals surface area contributed by atoms with Gasteiger partial charge in [0, 0.05) is 23.9 Å². The van der Waals surface area contributed by atoms with Crippen LogP contribution in [-0.4, -0.2) is 45.9 Å². The number of aryl methyl sites for hydroxylation is 1. The third-order valence-corrected chi connectivity index (χ3v) is 9.83.